The number of hydrogen-bond donors (Lipinski definition) is 8. The Hall–Kier alpha value is -7.68. The van der Waals surface area contributed by atoms with Crippen molar-refractivity contribution in [1.29, 1.82) is 0 Å². The van der Waals surface area contributed by atoms with E-state index in [0.717, 1.165) is 4.90 Å². The van der Waals surface area contributed by atoms with Crippen molar-refractivity contribution in [3.63, 3.8) is 0 Å². The number of cyclic esters (lactones) is 1. The van der Waals surface area contributed by atoms with Crippen LogP contribution in [0.25, 0.3) is 0 Å². The first-order valence-electron chi connectivity index (χ1n) is 31.1. The van der Waals surface area contributed by atoms with Crippen molar-refractivity contribution in [1.82, 2.24) is 30.7 Å². The zero-order valence-corrected chi connectivity index (χ0v) is 53.3. The minimum Gasteiger partial charge on any atom is -0.457 e. The number of imide groups is 1. The minimum absolute atomic E-state index is 0.00532. The van der Waals surface area contributed by atoms with E-state index < -0.39 is 95.6 Å². The van der Waals surface area contributed by atoms with Crippen molar-refractivity contribution in [3.05, 3.63) is 77.9 Å². The zero-order valence-electron chi connectivity index (χ0n) is 53.3. The summed E-state index contributed by atoms with van der Waals surface area (Å²) in [6.07, 6.45) is 7.59. The number of nitrogens with two attached hydrogens (primary N) is 1. The molecule has 4 aliphatic rings. The number of aliphatic hydroxyl groups excluding tert-OH is 2. The molecule has 4 heterocycles. The number of esters is 2. The number of unbranched alkanes of at least 4 members (excludes halogenated alkanes) is 2. The van der Waals surface area contributed by atoms with Gasteiger partial charge >= 0.3 is 30.2 Å². The Bertz CT molecular complexity index is 2780. The van der Waals surface area contributed by atoms with Crippen LogP contribution in [-0.4, -0.2) is 189 Å². The highest BCUT2D eigenvalue weighted by Crippen LogP contribution is 2.38. The van der Waals surface area contributed by atoms with Crippen LogP contribution in [0.5, 0.6) is 0 Å². The largest absolute Gasteiger partial charge is 0.457 e. The van der Waals surface area contributed by atoms with Crippen molar-refractivity contribution in [2.24, 2.45) is 23.5 Å². The SMILES string of the molecule is CC[C@H](O)[C@@H](C)[C@H]1O[C@@H]1CC(C)(O)/C=C/C=C(\C)[C@H]1OC(=O)C[C@H](O)CC[C@@](C)(OC(C)=O)[C@@H](OC(=O)N2CCN(C(=O)OCc3ccc(NC(=O)[C@H](CCCNC(N)=O)NC(=O)[C@@H](NC(=O)CCCCCN4C(=O)C=CC4=O)C(C)C)cc3)CC2)/C=C/[C@@H]1C. The van der Waals surface area contributed by atoms with Gasteiger partial charge in [-0.2, -0.15) is 0 Å². The summed E-state index contributed by atoms with van der Waals surface area (Å²) in [5.74, 6) is -4.64. The number of aliphatic hydroxyl groups is 3. The highest BCUT2D eigenvalue weighted by Gasteiger charge is 2.47. The Balaban J connectivity index is 1.15. The summed E-state index contributed by atoms with van der Waals surface area (Å²) in [5.41, 5.74) is 3.99. The van der Waals surface area contributed by atoms with Crippen LogP contribution in [0.15, 0.2) is 72.4 Å². The maximum atomic E-state index is 14.0. The number of hydrogen-bond acceptors (Lipinski definition) is 18. The number of carbonyl (C=O) groups excluding carboxylic acids is 10. The Kier molecular flexibility index (Phi) is 28.0. The first kappa shape index (κ1) is 73.1. The molecule has 12 atom stereocenters. The number of piperazine rings is 1. The second-order valence-corrected chi connectivity index (χ2v) is 24.5. The normalized spacial score (nSPS) is 24.7. The molecule has 0 aliphatic carbocycles. The quantitative estimate of drug-likeness (QED) is 0.0107. The van der Waals surface area contributed by atoms with Crippen LogP contribution in [0, 0.1) is 17.8 Å². The molecule has 0 spiro atoms. The molecule has 2 fully saturated rings. The molecule has 9 amide bonds. The third-order valence-corrected chi connectivity index (χ3v) is 16.4. The van der Waals surface area contributed by atoms with Crippen molar-refractivity contribution in [2.75, 3.05) is 44.6 Å². The van der Waals surface area contributed by atoms with Crippen molar-refractivity contribution in [2.45, 2.75) is 199 Å². The van der Waals surface area contributed by atoms with E-state index in [1.165, 1.54) is 28.9 Å². The lowest BCUT2D eigenvalue weighted by Gasteiger charge is -2.38. The molecule has 1 unspecified atom stereocenters. The first-order valence-corrected chi connectivity index (χ1v) is 31.1. The summed E-state index contributed by atoms with van der Waals surface area (Å²) < 4.78 is 29.3. The first-order chi connectivity index (χ1) is 42.5. The summed E-state index contributed by atoms with van der Waals surface area (Å²) in [5, 5.41) is 43.2. The number of ether oxygens (including phenoxy) is 5. The molecule has 26 heteroatoms. The van der Waals surface area contributed by atoms with E-state index in [2.05, 4.69) is 21.3 Å². The number of carbonyl (C=O) groups is 10. The standard InChI is InChI=1S/C64H94N8O18/c1-10-48(75)42(6)57-49(87-57)37-63(8,85)28-14-16-40(4)56-41(5)19-24-50(64(9,90-43(7)73)29-27-46(74)36-54(79)89-56)88-62(84)71-34-32-70(33-35-71)61(83)86-38-44-20-22-45(23-21-44)67-58(80)47(17-15-30-66-60(65)82)68-59(81)55(39(2)3)69-51(76)18-12-11-13-31-72-52(77)25-26-53(72)78/h14,16,19-26,28,39,41-42,46-50,55-57,74-75,85H,10-13,15,17-18,27,29-38H2,1-9H3,(H,67,80)(H,68,81)(H,69,76)(H3,65,66,82)/b24-19+,28-14+,40-16+/t41-,42+,46+,47-,48-,49+,50-,55-,56+,57+,63?,64+/m0/s1. The molecular formula is C64H94N8O18. The van der Waals surface area contributed by atoms with Crippen LogP contribution in [0.2, 0.25) is 0 Å². The van der Waals surface area contributed by atoms with Crippen LogP contribution in [0.1, 0.15) is 139 Å². The molecule has 0 saturated carbocycles. The fourth-order valence-electron chi connectivity index (χ4n) is 10.8. The molecule has 90 heavy (non-hydrogen) atoms. The Morgan fingerprint density at radius 3 is 2.18 bits per heavy atom. The molecule has 0 bridgehead atoms. The maximum absolute atomic E-state index is 14.0. The highest BCUT2D eigenvalue weighted by atomic mass is 16.6. The van der Waals surface area contributed by atoms with E-state index in [0.29, 0.717) is 48.9 Å². The van der Waals surface area contributed by atoms with Crippen LogP contribution in [0.3, 0.4) is 0 Å². The molecule has 9 N–H and O–H groups in total. The van der Waals surface area contributed by atoms with Crippen molar-refractivity contribution < 1.29 is 86.9 Å². The molecule has 2 saturated heterocycles. The Labute approximate surface area is 526 Å². The number of primary amides is 1. The number of rotatable bonds is 28. The Morgan fingerprint density at radius 1 is 0.900 bits per heavy atom. The van der Waals surface area contributed by atoms with E-state index >= 15 is 0 Å². The van der Waals surface area contributed by atoms with E-state index in [4.69, 9.17) is 29.4 Å². The maximum Gasteiger partial charge on any atom is 0.410 e. The van der Waals surface area contributed by atoms with Crippen LogP contribution >= 0.6 is 0 Å². The smallest absolute Gasteiger partial charge is 0.410 e. The third-order valence-electron chi connectivity index (χ3n) is 16.4. The molecule has 4 aliphatic heterocycles. The van der Waals surface area contributed by atoms with Gasteiger partial charge in [-0.15, -0.1) is 0 Å². The molecule has 0 radical (unpaired) electrons. The number of nitrogens with one attached hydrogen (secondary N) is 4. The van der Waals surface area contributed by atoms with E-state index in [-0.39, 0.29) is 126 Å². The number of benzene rings is 1. The lowest BCUT2D eigenvalue weighted by atomic mass is 9.88. The topological polar surface area (TPSA) is 365 Å². The van der Waals surface area contributed by atoms with E-state index in [1.807, 2.05) is 13.8 Å². The summed E-state index contributed by atoms with van der Waals surface area (Å²) in [6, 6.07) is 3.59. The van der Waals surface area contributed by atoms with Crippen molar-refractivity contribution >= 4 is 65.4 Å². The molecule has 0 aromatic heterocycles. The summed E-state index contributed by atoms with van der Waals surface area (Å²) >= 11 is 0. The van der Waals surface area contributed by atoms with E-state index in [9.17, 15) is 63.3 Å². The van der Waals surface area contributed by atoms with Crippen molar-refractivity contribution in [3.8, 4) is 0 Å². The van der Waals surface area contributed by atoms with Crippen LogP contribution < -0.4 is 27.0 Å². The number of amides is 9. The van der Waals surface area contributed by atoms with Crippen LogP contribution in [0.4, 0.5) is 20.1 Å². The van der Waals surface area contributed by atoms with Gasteiger partial charge in [-0.05, 0) is 101 Å². The van der Waals surface area contributed by atoms with Gasteiger partial charge in [-0.1, -0.05) is 77.5 Å². The fraction of sp³-hybridized carbons (Fsp3) is 0.625. The van der Waals surface area contributed by atoms with Gasteiger partial charge in [0.2, 0.25) is 17.7 Å². The van der Waals surface area contributed by atoms with Gasteiger partial charge < -0.3 is 75.8 Å². The highest BCUT2D eigenvalue weighted by molar-refractivity contribution is 6.12. The van der Waals surface area contributed by atoms with Gasteiger partial charge in [0, 0.05) is 88.7 Å². The number of epoxide rings is 1. The predicted molar refractivity (Wildman–Crippen MR) is 329 cm³/mol. The zero-order chi connectivity index (χ0) is 66.5. The predicted octanol–water partition coefficient (Wildman–Crippen LogP) is 4.73. The lowest BCUT2D eigenvalue weighted by Crippen LogP contribution is -2.54. The van der Waals surface area contributed by atoms with Gasteiger partial charge in [0.25, 0.3) is 11.8 Å². The number of anilines is 1. The van der Waals surface area contributed by atoms with Gasteiger partial charge in [0.15, 0.2) is 6.10 Å². The van der Waals surface area contributed by atoms with E-state index in [1.54, 1.807) is 96.2 Å². The van der Waals surface area contributed by atoms with Gasteiger partial charge in [-0.25, -0.2) is 14.4 Å². The minimum atomic E-state index is -1.50. The number of urea groups is 1. The average molecular weight is 1260 g/mol. The molecular weight excluding hydrogens is 1170 g/mol. The monoisotopic (exact) mass is 1260 g/mol. The Morgan fingerprint density at radius 2 is 1.56 bits per heavy atom. The number of allylic oxidation sites excluding steroid dienone is 2. The van der Waals surface area contributed by atoms with Crippen LogP contribution in [-0.2, 0) is 63.9 Å². The molecule has 1 aromatic rings. The third kappa shape index (κ3) is 23.3. The molecule has 498 valence electrons. The molecule has 1 aromatic carbocycles. The fourth-order valence-corrected chi connectivity index (χ4v) is 10.8. The second-order valence-electron chi connectivity index (χ2n) is 24.5. The summed E-state index contributed by atoms with van der Waals surface area (Å²) in [4.78, 5) is 132. The second kappa shape index (κ2) is 34.5. The lowest BCUT2D eigenvalue weighted by molar-refractivity contribution is -0.168. The molecule has 26 nitrogen and oxygen atoms in total. The average Bonchev–Trinajstić information content (AvgIpc) is 1.73. The number of nitrogens with zero attached hydrogens (tertiary/aromatic N) is 3. The van der Waals surface area contributed by atoms with Gasteiger partial charge in [-0.3, -0.25) is 38.5 Å². The summed E-state index contributed by atoms with van der Waals surface area (Å²) in [7, 11) is 0. The summed E-state index contributed by atoms with van der Waals surface area (Å²) in [6.45, 7) is 15.8. The van der Waals surface area contributed by atoms with Gasteiger partial charge in [0.1, 0.15) is 30.4 Å². The van der Waals surface area contributed by atoms with Gasteiger partial charge in [0.05, 0.1) is 36.4 Å². The molecule has 5 rings (SSSR count).